The highest BCUT2D eigenvalue weighted by molar-refractivity contribution is 5.81. The summed E-state index contributed by atoms with van der Waals surface area (Å²) < 4.78 is 10.1. The van der Waals surface area contributed by atoms with E-state index in [9.17, 15) is 9.59 Å². The predicted molar refractivity (Wildman–Crippen MR) is 67.0 cm³/mol. The zero-order valence-electron chi connectivity index (χ0n) is 11.6. The maximum atomic E-state index is 11.7. The highest BCUT2D eigenvalue weighted by Gasteiger charge is 2.49. The summed E-state index contributed by atoms with van der Waals surface area (Å²) in [6, 6.07) is 0.122. The summed E-state index contributed by atoms with van der Waals surface area (Å²) >= 11 is 0. The Balaban J connectivity index is 2.28. The van der Waals surface area contributed by atoms with Gasteiger partial charge in [-0.1, -0.05) is 13.8 Å². The zero-order valence-corrected chi connectivity index (χ0v) is 11.6. The standard InChI is InChI=1S/C13H23NO4/c1-5-18-12(16)7-6-11(15)14-9-8-10(17-4)13(9,2)3/h9-10H,5-8H2,1-4H3,(H,14,15). The Morgan fingerprint density at radius 2 is 2.00 bits per heavy atom. The number of rotatable bonds is 6. The lowest BCUT2D eigenvalue weighted by molar-refractivity contribution is -0.145. The van der Waals surface area contributed by atoms with Gasteiger partial charge >= 0.3 is 5.97 Å². The van der Waals surface area contributed by atoms with Crippen molar-refractivity contribution in [1.82, 2.24) is 5.32 Å². The molecule has 5 heteroatoms. The lowest BCUT2D eigenvalue weighted by Gasteiger charge is -2.51. The van der Waals surface area contributed by atoms with Crippen LogP contribution in [-0.2, 0) is 19.1 Å². The van der Waals surface area contributed by atoms with Crippen molar-refractivity contribution < 1.29 is 19.1 Å². The second kappa shape index (κ2) is 6.18. The zero-order chi connectivity index (χ0) is 13.8. The first-order valence-corrected chi connectivity index (χ1v) is 6.39. The lowest BCUT2D eigenvalue weighted by Crippen LogP contribution is -2.61. The average molecular weight is 257 g/mol. The summed E-state index contributed by atoms with van der Waals surface area (Å²) in [7, 11) is 1.69. The van der Waals surface area contributed by atoms with E-state index in [1.54, 1.807) is 14.0 Å². The van der Waals surface area contributed by atoms with Gasteiger partial charge in [-0.2, -0.15) is 0 Å². The molecule has 1 saturated carbocycles. The minimum Gasteiger partial charge on any atom is -0.466 e. The molecule has 1 fully saturated rings. The number of ether oxygens (including phenoxy) is 2. The Morgan fingerprint density at radius 1 is 1.33 bits per heavy atom. The molecule has 0 aliphatic heterocycles. The quantitative estimate of drug-likeness (QED) is 0.728. The fourth-order valence-electron chi connectivity index (χ4n) is 2.25. The maximum absolute atomic E-state index is 11.7. The van der Waals surface area contributed by atoms with Gasteiger partial charge in [-0.05, 0) is 13.3 Å². The summed E-state index contributed by atoms with van der Waals surface area (Å²) in [5, 5.41) is 2.94. The van der Waals surface area contributed by atoms with Gasteiger partial charge in [-0.3, -0.25) is 9.59 Å². The normalized spacial score (nSPS) is 25.1. The molecule has 5 nitrogen and oxygen atoms in total. The molecule has 0 radical (unpaired) electrons. The third-order valence-corrected chi connectivity index (χ3v) is 3.66. The van der Waals surface area contributed by atoms with Crippen molar-refractivity contribution in [3.63, 3.8) is 0 Å². The first-order valence-electron chi connectivity index (χ1n) is 6.39. The van der Waals surface area contributed by atoms with Crippen molar-refractivity contribution in [1.29, 1.82) is 0 Å². The van der Waals surface area contributed by atoms with Crippen LogP contribution >= 0.6 is 0 Å². The molecule has 0 aromatic heterocycles. The number of hydrogen-bond acceptors (Lipinski definition) is 4. The number of amides is 1. The van der Waals surface area contributed by atoms with Crippen LogP contribution < -0.4 is 5.32 Å². The van der Waals surface area contributed by atoms with Crippen molar-refractivity contribution >= 4 is 11.9 Å². The Hall–Kier alpha value is -1.10. The smallest absolute Gasteiger partial charge is 0.306 e. The second-order valence-corrected chi connectivity index (χ2v) is 5.21. The summed E-state index contributed by atoms with van der Waals surface area (Å²) in [4.78, 5) is 22.8. The lowest BCUT2D eigenvalue weighted by atomic mass is 9.64. The van der Waals surface area contributed by atoms with Gasteiger partial charge in [0.2, 0.25) is 5.91 Å². The molecule has 1 aliphatic rings. The molecular weight excluding hydrogens is 234 g/mol. The molecule has 0 spiro atoms. The van der Waals surface area contributed by atoms with Gasteiger partial charge in [-0.25, -0.2) is 0 Å². The Labute approximate surface area is 108 Å². The molecule has 18 heavy (non-hydrogen) atoms. The van der Waals surface area contributed by atoms with E-state index in [4.69, 9.17) is 9.47 Å². The van der Waals surface area contributed by atoms with Gasteiger partial charge in [-0.15, -0.1) is 0 Å². The fraction of sp³-hybridized carbons (Fsp3) is 0.846. The third kappa shape index (κ3) is 3.45. The van der Waals surface area contributed by atoms with Crippen LogP contribution in [0.15, 0.2) is 0 Å². The van der Waals surface area contributed by atoms with E-state index in [0.717, 1.165) is 6.42 Å². The highest BCUT2D eigenvalue weighted by atomic mass is 16.5. The van der Waals surface area contributed by atoms with Crippen LogP contribution in [0.5, 0.6) is 0 Å². The Bertz CT molecular complexity index is 314. The van der Waals surface area contributed by atoms with Gasteiger partial charge < -0.3 is 14.8 Å². The van der Waals surface area contributed by atoms with Crippen LogP contribution in [-0.4, -0.2) is 37.7 Å². The van der Waals surface area contributed by atoms with Crippen molar-refractivity contribution in [3.05, 3.63) is 0 Å². The number of nitrogens with one attached hydrogen (secondary N) is 1. The monoisotopic (exact) mass is 257 g/mol. The number of methoxy groups -OCH3 is 1. The molecule has 2 atom stereocenters. The average Bonchev–Trinajstić information content (AvgIpc) is 2.31. The van der Waals surface area contributed by atoms with Crippen LogP contribution in [0.2, 0.25) is 0 Å². The van der Waals surface area contributed by atoms with Crippen LogP contribution in [0.4, 0.5) is 0 Å². The molecule has 1 N–H and O–H groups in total. The van der Waals surface area contributed by atoms with Crippen LogP contribution in [0.3, 0.4) is 0 Å². The minimum atomic E-state index is -0.324. The topological polar surface area (TPSA) is 64.6 Å². The van der Waals surface area contributed by atoms with Gasteiger partial charge in [0.15, 0.2) is 0 Å². The molecule has 1 aliphatic carbocycles. The van der Waals surface area contributed by atoms with E-state index >= 15 is 0 Å². The minimum absolute atomic E-state index is 0.0473. The van der Waals surface area contributed by atoms with Crippen molar-refractivity contribution in [2.75, 3.05) is 13.7 Å². The molecule has 1 amide bonds. The first kappa shape index (κ1) is 15.0. The number of carbonyl (C=O) groups is 2. The molecular formula is C13H23NO4. The summed E-state index contributed by atoms with van der Waals surface area (Å²) in [6.45, 7) is 6.24. The van der Waals surface area contributed by atoms with Gasteiger partial charge in [0.1, 0.15) is 0 Å². The fourth-order valence-corrected chi connectivity index (χ4v) is 2.25. The number of hydrogen-bond donors (Lipinski definition) is 1. The van der Waals surface area contributed by atoms with Crippen LogP contribution in [0, 0.1) is 5.41 Å². The van der Waals surface area contributed by atoms with Gasteiger partial charge in [0, 0.05) is 25.0 Å². The molecule has 0 aromatic rings. The molecule has 0 saturated heterocycles. The summed E-state index contributed by atoms with van der Waals surface area (Å²) in [5.41, 5.74) is -0.0473. The van der Waals surface area contributed by atoms with E-state index in [2.05, 4.69) is 19.2 Å². The van der Waals surface area contributed by atoms with Gasteiger partial charge in [0.25, 0.3) is 0 Å². The Kier molecular flexibility index (Phi) is 5.14. The molecule has 1 rings (SSSR count). The van der Waals surface area contributed by atoms with Crippen molar-refractivity contribution in [3.8, 4) is 0 Å². The number of esters is 1. The van der Waals surface area contributed by atoms with E-state index in [1.807, 2.05) is 0 Å². The second-order valence-electron chi connectivity index (χ2n) is 5.21. The summed E-state index contributed by atoms with van der Waals surface area (Å²) in [5.74, 6) is -0.425. The van der Waals surface area contributed by atoms with E-state index in [-0.39, 0.29) is 42.3 Å². The van der Waals surface area contributed by atoms with Gasteiger partial charge in [0.05, 0.1) is 19.1 Å². The van der Waals surface area contributed by atoms with E-state index < -0.39 is 0 Å². The summed E-state index contributed by atoms with van der Waals surface area (Å²) in [6.07, 6.45) is 1.34. The maximum Gasteiger partial charge on any atom is 0.306 e. The largest absolute Gasteiger partial charge is 0.466 e. The first-order chi connectivity index (χ1) is 8.41. The highest BCUT2D eigenvalue weighted by Crippen LogP contribution is 2.42. The molecule has 104 valence electrons. The van der Waals surface area contributed by atoms with E-state index in [0.29, 0.717) is 6.61 Å². The Morgan fingerprint density at radius 3 is 2.50 bits per heavy atom. The van der Waals surface area contributed by atoms with Crippen LogP contribution in [0.1, 0.15) is 40.0 Å². The molecule has 2 unspecified atom stereocenters. The number of carbonyl (C=O) groups excluding carboxylic acids is 2. The SMILES string of the molecule is CCOC(=O)CCC(=O)NC1CC(OC)C1(C)C. The van der Waals surface area contributed by atoms with Crippen molar-refractivity contribution in [2.24, 2.45) is 5.41 Å². The predicted octanol–water partition coefficient (Wildman–Crippen LogP) is 1.26. The van der Waals surface area contributed by atoms with E-state index in [1.165, 1.54) is 0 Å². The molecule has 0 bridgehead atoms. The van der Waals surface area contributed by atoms with Crippen LogP contribution in [0.25, 0.3) is 0 Å². The third-order valence-electron chi connectivity index (χ3n) is 3.66. The molecule has 0 heterocycles. The van der Waals surface area contributed by atoms with Crippen molar-refractivity contribution in [2.45, 2.75) is 52.2 Å². The molecule has 0 aromatic carbocycles.